The average molecular weight is 668 g/mol. The summed E-state index contributed by atoms with van der Waals surface area (Å²) in [6.07, 6.45) is -0.698. The van der Waals surface area contributed by atoms with E-state index >= 15 is 0 Å². The summed E-state index contributed by atoms with van der Waals surface area (Å²) in [5, 5.41) is 12.6. The van der Waals surface area contributed by atoms with Crippen molar-refractivity contribution in [3.63, 3.8) is 0 Å². The number of aliphatic hydroxyl groups is 1. The summed E-state index contributed by atoms with van der Waals surface area (Å²) in [4.78, 5) is 69.2. The Kier molecular flexibility index (Phi) is 14.4. The van der Waals surface area contributed by atoms with E-state index in [1.807, 2.05) is 32.0 Å². The molecule has 0 bridgehead atoms. The molecule has 12 nitrogen and oxygen atoms in total. The van der Waals surface area contributed by atoms with Crippen LogP contribution in [0.25, 0.3) is 0 Å². The minimum atomic E-state index is -1.37. The number of methoxy groups -OCH3 is 1. The van der Waals surface area contributed by atoms with E-state index < -0.39 is 60.0 Å². The number of nitrogens with one attached hydrogen (secondary N) is 1. The zero-order valence-electron chi connectivity index (χ0n) is 28.7. The van der Waals surface area contributed by atoms with Crippen molar-refractivity contribution in [2.45, 2.75) is 96.7 Å². The zero-order valence-corrected chi connectivity index (χ0v) is 28.7. The van der Waals surface area contributed by atoms with Gasteiger partial charge in [0.2, 0.25) is 11.8 Å². The number of hydrogen-bond acceptors (Lipinski definition) is 9. The van der Waals surface area contributed by atoms with Gasteiger partial charge in [-0.05, 0) is 68.7 Å². The summed E-state index contributed by atoms with van der Waals surface area (Å²) >= 11 is 0. The van der Waals surface area contributed by atoms with E-state index in [0.717, 1.165) is 11.1 Å². The van der Waals surface area contributed by atoms with Crippen molar-refractivity contribution in [1.82, 2.24) is 15.1 Å². The molecule has 0 saturated carbocycles. The van der Waals surface area contributed by atoms with Gasteiger partial charge in [0.05, 0.1) is 7.11 Å². The van der Waals surface area contributed by atoms with Crippen LogP contribution >= 0.6 is 0 Å². The molecule has 0 spiro atoms. The van der Waals surface area contributed by atoms with Crippen LogP contribution in [0, 0.1) is 5.92 Å². The van der Waals surface area contributed by atoms with Crippen molar-refractivity contribution in [3.05, 3.63) is 65.7 Å². The maximum Gasteiger partial charge on any atom is 0.332 e. The molecule has 1 fully saturated rings. The number of benzene rings is 2. The van der Waals surface area contributed by atoms with Gasteiger partial charge < -0.3 is 34.4 Å². The molecule has 0 aliphatic carbocycles. The fourth-order valence-electron chi connectivity index (χ4n) is 5.61. The number of hydrogen-bond donors (Lipinski definition) is 2. The second-order valence-electron chi connectivity index (χ2n) is 12.6. The number of carbonyl (C=O) groups excluding carboxylic acids is 5. The lowest BCUT2D eigenvalue weighted by atomic mass is 10.00. The molecule has 48 heavy (non-hydrogen) atoms. The largest absolute Gasteiger partial charge is 0.497 e. The molecule has 0 radical (unpaired) electrons. The smallest absolute Gasteiger partial charge is 0.332 e. The van der Waals surface area contributed by atoms with Crippen molar-refractivity contribution in [2.75, 3.05) is 20.7 Å². The SMILES string of the molecule is COc1ccc(CCC(=O)O[C@H](C)[C@H](NC(=O)[C@@H](CC(C)C)N(C)C(=O)[C@@H]2CCCN2C(=O)[C@H](C)O)C(=O)OCc2ccccc2)cc1. The van der Waals surface area contributed by atoms with Gasteiger partial charge in [0.15, 0.2) is 6.04 Å². The standard InChI is InChI=1S/C36H49N3O9/c1-23(2)21-30(38(5)35(44)29-13-10-20-39(29)34(43)24(3)40)33(42)37-32(36(45)47-22-27-11-8-7-9-12-27)25(4)48-31(41)19-16-26-14-17-28(46-6)18-15-26/h7-9,11-12,14-15,17-18,23-25,29-30,32,40H,10,13,16,19-22H2,1-6H3,(H,37,42)/t24-,25+,29-,30+,32-/m0/s1. The predicted molar refractivity (Wildman–Crippen MR) is 177 cm³/mol. The summed E-state index contributed by atoms with van der Waals surface area (Å²) in [6.45, 7) is 6.92. The van der Waals surface area contributed by atoms with E-state index in [0.29, 0.717) is 31.6 Å². The summed E-state index contributed by atoms with van der Waals surface area (Å²) in [5.41, 5.74) is 1.63. The Bertz CT molecular complexity index is 1380. The van der Waals surface area contributed by atoms with Crippen LogP contribution in [0.15, 0.2) is 54.6 Å². The molecule has 1 aliphatic heterocycles. The van der Waals surface area contributed by atoms with E-state index in [1.165, 1.54) is 30.7 Å². The maximum atomic E-state index is 13.9. The van der Waals surface area contributed by atoms with Gasteiger partial charge in [-0.3, -0.25) is 19.2 Å². The molecular weight excluding hydrogens is 618 g/mol. The molecule has 0 unspecified atom stereocenters. The van der Waals surface area contributed by atoms with E-state index in [9.17, 15) is 29.1 Å². The molecule has 3 amide bonds. The number of likely N-dealkylation sites (tertiary alicyclic amines) is 1. The Morgan fingerprint density at radius 3 is 2.25 bits per heavy atom. The number of carbonyl (C=O) groups is 5. The third kappa shape index (κ3) is 10.8. The number of likely N-dealkylation sites (N-methyl/N-ethyl adjacent to an activating group) is 1. The lowest BCUT2D eigenvalue weighted by Crippen LogP contribution is -2.58. The molecule has 5 atom stereocenters. The number of aryl methyl sites for hydroxylation is 1. The molecular formula is C36H49N3O9. The number of amides is 3. The van der Waals surface area contributed by atoms with Crippen LogP contribution in [0.4, 0.5) is 0 Å². The fraction of sp³-hybridized carbons (Fsp3) is 0.528. The van der Waals surface area contributed by atoms with E-state index in [2.05, 4.69) is 5.32 Å². The van der Waals surface area contributed by atoms with Gasteiger partial charge in [-0.15, -0.1) is 0 Å². The zero-order chi connectivity index (χ0) is 35.4. The Labute approximate surface area is 282 Å². The minimum Gasteiger partial charge on any atom is -0.497 e. The quantitative estimate of drug-likeness (QED) is 0.258. The Hall–Kier alpha value is -4.45. The van der Waals surface area contributed by atoms with Crippen molar-refractivity contribution >= 4 is 29.7 Å². The lowest BCUT2D eigenvalue weighted by Gasteiger charge is -2.34. The monoisotopic (exact) mass is 667 g/mol. The van der Waals surface area contributed by atoms with E-state index in [4.69, 9.17) is 14.2 Å². The van der Waals surface area contributed by atoms with Crippen LogP contribution in [0.2, 0.25) is 0 Å². The molecule has 1 saturated heterocycles. The first-order chi connectivity index (χ1) is 22.8. The summed E-state index contributed by atoms with van der Waals surface area (Å²) < 4.78 is 16.4. The Balaban J connectivity index is 1.77. The minimum absolute atomic E-state index is 0.0218. The predicted octanol–water partition coefficient (Wildman–Crippen LogP) is 3.03. The highest BCUT2D eigenvalue weighted by atomic mass is 16.6. The van der Waals surface area contributed by atoms with Gasteiger partial charge in [0.25, 0.3) is 5.91 Å². The van der Waals surface area contributed by atoms with Crippen LogP contribution in [0.3, 0.4) is 0 Å². The molecule has 1 aliphatic rings. The fourth-order valence-corrected chi connectivity index (χ4v) is 5.61. The second-order valence-corrected chi connectivity index (χ2v) is 12.6. The molecule has 0 aromatic heterocycles. The van der Waals surface area contributed by atoms with Crippen molar-refractivity contribution in [3.8, 4) is 5.75 Å². The molecule has 12 heteroatoms. The third-order valence-electron chi connectivity index (χ3n) is 8.33. The molecule has 2 N–H and O–H groups in total. The summed E-state index contributed by atoms with van der Waals surface area (Å²) in [6, 6.07) is 13.1. The average Bonchev–Trinajstić information content (AvgIpc) is 3.57. The number of nitrogens with zero attached hydrogens (tertiary/aromatic N) is 2. The van der Waals surface area contributed by atoms with E-state index in [-0.39, 0.29) is 25.4 Å². The van der Waals surface area contributed by atoms with Crippen LogP contribution < -0.4 is 10.1 Å². The van der Waals surface area contributed by atoms with Crippen LogP contribution in [0.5, 0.6) is 5.75 Å². The topological polar surface area (TPSA) is 152 Å². The highest BCUT2D eigenvalue weighted by molar-refractivity contribution is 5.94. The van der Waals surface area contributed by atoms with Gasteiger partial charge >= 0.3 is 11.9 Å². The molecule has 2 aromatic carbocycles. The number of esters is 2. The lowest BCUT2D eigenvalue weighted by molar-refractivity contribution is -0.160. The molecule has 3 rings (SSSR count). The normalized spacial score (nSPS) is 16.8. The Morgan fingerprint density at radius 1 is 0.979 bits per heavy atom. The van der Waals surface area contributed by atoms with Crippen molar-refractivity contribution in [1.29, 1.82) is 0 Å². The molecule has 262 valence electrons. The highest BCUT2D eigenvalue weighted by Crippen LogP contribution is 2.23. The number of rotatable bonds is 16. The first-order valence-corrected chi connectivity index (χ1v) is 16.4. The Morgan fingerprint density at radius 2 is 1.65 bits per heavy atom. The van der Waals surface area contributed by atoms with Crippen LogP contribution in [0.1, 0.15) is 64.5 Å². The highest BCUT2D eigenvalue weighted by Gasteiger charge is 2.41. The third-order valence-corrected chi connectivity index (χ3v) is 8.33. The second kappa shape index (κ2) is 18.2. The summed E-state index contributed by atoms with van der Waals surface area (Å²) in [7, 11) is 3.06. The van der Waals surface area contributed by atoms with Crippen LogP contribution in [-0.4, -0.2) is 95.6 Å². The van der Waals surface area contributed by atoms with Gasteiger partial charge in [0.1, 0.15) is 36.6 Å². The van der Waals surface area contributed by atoms with E-state index in [1.54, 1.807) is 43.5 Å². The van der Waals surface area contributed by atoms with Crippen molar-refractivity contribution in [2.24, 2.45) is 5.92 Å². The first kappa shape index (κ1) is 38.0. The van der Waals surface area contributed by atoms with Crippen molar-refractivity contribution < 1.29 is 43.3 Å². The van der Waals surface area contributed by atoms with Gasteiger partial charge in [-0.25, -0.2) is 4.79 Å². The van der Waals surface area contributed by atoms with Gasteiger partial charge in [-0.1, -0.05) is 56.3 Å². The number of aliphatic hydroxyl groups excluding tert-OH is 1. The summed E-state index contributed by atoms with van der Waals surface area (Å²) in [5.74, 6) is -2.32. The molecule has 2 aromatic rings. The van der Waals surface area contributed by atoms with Gasteiger partial charge in [-0.2, -0.15) is 0 Å². The van der Waals surface area contributed by atoms with Crippen LogP contribution in [-0.2, 0) is 46.5 Å². The number of ether oxygens (including phenoxy) is 3. The first-order valence-electron chi connectivity index (χ1n) is 16.4. The molecule has 1 heterocycles. The van der Waals surface area contributed by atoms with Gasteiger partial charge in [0, 0.05) is 20.0 Å². The maximum absolute atomic E-state index is 13.9.